The molecule has 0 spiro atoms. The molecule has 2 heterocycles. The Bertz CT molecular complexity index is 997. The summed E-state index contributed by atoms with van der Waals surface area (Å²) in [5, 5.41) is 0. The van der Waals surface area contributed by atoms with Crippen molar-refractivity contribution >= 4 is 22.6 Å². The molecule has 0 atom stereocenters. The third-order valence-electron chi connectivity index (χ3n) is 5.27. The summed E-state index contributed by atoms with van der Waals surface area (Å²) in [6, 6.07) is 12.3. The highest BCUT2D eigenvalue weighted by Gasteiger charge is 2.22. The van der Waals surface area contributed by atoms with Crippen molar-refractivity contribution in [1.82, 2.24) is 14.9 Å². The topological polar surface area (TPSA) is 61.5 Å². The van der Waals surface area contributed by atoms with Gasteiger partial charge in [0.2, 0.25) is 0 Å². The van der Waals surface area contributed by atoms with E-state index >= 15 is 0 Å². The largest absolute Gasteiger partial charge is 0.378 e. The van der Waals surface area contributed by atoms with E-state index in [-0.39, 0.29) is 11.7 Å². The van der Waals surface area contributed by atoms with Crippen molar-refractivity contribution in [3.8, 4) is 0 Å². The third-order valence-corrected chi connectivity index (χ3v) is 5.27. The lowest BCUT2D eigenvalue weighted by Crippen LogP contribution is -2.39. The van der Waals surface area contributed by atoms with Crippen LogP contribution in [0, 0.1) is 5.82 Å². The molecule has 1 fully saturated rings. The number of hydrogen-bond acceptors (Lipinski definition) is 4. The van der Waals surface area contributed by atoms with E-state index in [1.54, 1.807) is 6.07 Å². The van der Waals surface area contributed by atoms with Gasteiger partial charge in [-0.2, -0.15) is 0 Å². The second-order valence-corrected chi connectivity index (χ2v) is 7.10. The van der Waals surface area contributed by atoms with Gasteiger partial charge in [0, 0.05) is 38.3 Å². The van der Waals surface area contributed by atoms with Crippen LogP contribution in [0.2, 0.25) is 0 Å². The summed E-state index contributed by atoms with van der Waals surface area (Å²) in [4.78, 5) is 24.9. The van der Waals surface area contributed by atoms with Crippen LogP contribution in [0.15, 0.2) is 42.5 Å². The highest BCUT2D eigenvalue weighted by atomic mass is 19.1. The normalized spacial score (nSPS) is 14.3. The number of halogens is 1. The Morgan fingerprint density at radius 1 is 1.24 bits per heavy atom. The van der Waals surface area contributed by atoms with Gasteiger partial charge in [-0.1, -0.05) is 12.1 Å². The fourth-order valence-corrected chi connectivity index (χ4v) is 3.70. The molecule has 0 aliphatic carbocycles. The minimum absolute atomic E-state index is 0.0109. The van der Waals surface area contributed by atoms with Crippen molar-refractivity contribution < 1.29 is 13.9 Å². The molecule has 0 radical (unpaired) electrons. The van der Waals surface area contributed by atoms with Gasteiger partial charge in [0.1, 0.15) is 11.6 Å². The second kappa shape index (κ2) is 8.61. The molecule has 29 heavy (non-hydrogen) atoms. The monoisotopic (exact) mass is 396 g/mol. The van der Waals surface area contributed by atoms with Gasteiger partial charge >= 0.3 is 0 Å². The zero-order valence-corrected chi connectivity index (χ0v) is 16.5. The number of rotatable bonds is 6. The number of amides is 1. The predicted octanol–water partition coefficient (Wildman–Crippen LogP) is 3.24. The zero-order chi connectivity index (χ0) is 20.2. The molecule has 3 aromatic rings. The number of benzene rings is 2. The molecule has 1 saturated heterocycles. The molecule has 1 aliphatic heterocycles. The van der Waals surface area contributed by atoms with Gasteiger partial charge in [0.15, 0.2) is 0 Å². The number of morpholine rings is 1. The Morgan fingerprint density at radius 3 is 2.83 bits per heavy atom. The van der Waals surface area contributed by atoms with E-state index in [1.165, 1.54) is 12.1 Å². The Kier molecular flexibility index (Phi) is 5.76. The van der Waals surface area contributed by atoms with E-state index in [2.05, 4.69) is 14.9 Å². The summed E-state index contributed by atoms with van der Waals surface area (Å²) >= 11 is 0. The molecule has 1 amide bonds. The number of nitrogens with zero attached hydrogens (tertiary/aromatic N) is 3. The van der Waals surface area contributed by atoms with Crippen molar-refractivity contribution in [3.63, 3.8) is 0 Å². The number of carbonyl (C=O) groups excluding carboxylic acids is 1. The minimum atomic E-state index is -0.294. The number of fused-ring (bicyclic) bond motifs is 1. The van der Waals surface area contributed by atoms with Crippen molar-refractivity contribution in [2.24, 2.45) is 0 Å². The molecule has 7 heteroatoms. The first kappa shape index (κ1) is 19.4. The highest BCUT2D eigenvalue weighted by molar-refractivity contribution is 5.99. The van der Waals surface area contributed by atoms with E-state index in [0.717, 1.165) is 30.1 Å². The number of nitrogens with one attached hydrogen (secondary N) is 1. The number of H-pyrrole nitrogens is 1. The average Bonchev–Trinajstić information content (AvgIpc) is 3.16. The Morgan fingerprint density at radius 2 is 2.03 bits per heavy atom. The standard InChI is InChI=1S/C22H25FN4O2/c1-2-26(10-9-21-24-18-8-7-16(23)15-19(18)25-21)22(28)17-5-3-4-6-20(17)27-11-13-29-14-12-27/h3-8,15H,2,9-14H2,1H3,(H,24,25). The number of imidazole rings is 1. The van der Waals surface area contributed by atoms with Crippen molar-refractivity contribution in [3.05, 3.63) is 59.7 Å². The van der Waals surface area contributed by atoms with Gasteiger partial charge in [-0.3, -0.25) is 4.79 Å². The lowest BCUT2D eigenvalue weighted by molar-refractivity contribution is 0.0765. The number of hydrogen-bond donors (Lipinski definition) is 1. The van der Waals surface area contributed by atoms with Crippen LogP contribution in [0.1, 0.15) is 23.1 Å². The van der Waals surface area contributed by atoms with Gasteiger partial charge in [-0.15, -0.1) is 0 Å². The molecule has 0 saturated carbocycles. The highest BCUT2D eigenvalue weighted by Crippen LogP contribution is 2.23. The van der Waals surface area contributed by atoms with Crippen LogP contribution in [0.3, 0.4) is 0 Å². The van der Waals surface area contributed by atoms with Crippen molar-refractivity contribution in [2.45, 2.75) is 13.3 Å². The van der Waals surface area contributed by atoms with E-state index < -0.39 is 0 Å². The molecule has 2 aromatic carbocycles. The summed E-state index contributed by atoms with van der Waals surface area (Å²) in [6.45, 7) is 6.03. The lowest BCUT2D eigenvalue weighted by atomic mass is 10.1. The van der Waals surface area contributed by atoms with E-state index in [9.17, 15) is 9.18 Å². The first-order chi connectivity index (χ1) is 14.2. The molecule has 6 nitrogen and oxygen atoms in total. The predicted molar refractivity (Wildman–Crippen MR) is 111 cm³/mol. The third kappa shape index (κ3) is 4.24. The van der Waals surface area contributed by atoms with Crippen LogP contribution in [0.5, 0.6) is 0 Å². The first-order valence-electron chi connectivity index (χ1n) is 10.0. The fourth-order valence-electron chi connectivity index (χ4n) is 3.70. The van der Waals surface area contributed by atoms with E-state index in [1.807, 2.05) is 36.1 Å². The van der Waals surface area contributed by atoms with Gasteiger partial charge < -0.3 is 19.5 Å². The maximum absolute atomic E-state index is 13.4. The molecular formula is C22H25FN4O2. The molecule has 152 valence electrons. The Hall–Kier alpha value is -2.93. The van der Waals surface area contributed by atoms with Crippen molar-refractivity contribution in [1.29, 1.82) is 0 Å². The molecule has 1 aromatic heterocycles. The van der Waals surface area contributed by atoms with Crippen LogP contribution in [0.4, 0.5) is 10.1 Å². The summed E-state index contributed by atoms with van der Waals surface area (Å²) in [7, 11) is 0. The second-order valence-electron chi connectivity index (χ2n) is 7.10. The van der Waals surface area contributed by atoms with Gasteiger partial charge in [-0.25, -0.2) is 9.37 Å². The number of ether oxygens (including phenoxy) is 1. The Balaban J connectivity index is 1.49. The molecule has 1 aliphatic rings. The summed E-state index contributed by atoms with van der Waals surface area (Å²) in [5.74, 6) is 0.466. The van der Waals surface area contributed by atoms with Gasteiger partial charge in [0.25, 0.3) is 5.91 Å². The smallest absolute Gasteiger partial charge is 0.255 e. The quantitative estimate of drug-likeness (QED) is 0.695. The number of carbonyl (C=O) groups is 1. The average molecular weight is 396 g/mol. The maximum Gasteiger partial charge on any atom is 0.255 e. The van der Waals surface area contributed by atoms with Crippen molar-refractivity contribution in [2.75, 3.05) is 44.3 Å². The van der Waals surface area contributed by atoms with Crippen LogP contribution in [-0.4, -0.2) is 60.2 Å². The zero-order valence-electron chi connectivity index (χ0n) is 16.5. The number of anilines is 1. The molecule has 0 unspecified atom stereocenters. The molecule has 4 rings (SSSR count). The van der Waals surface area contributed by atoms with E-state index in [4.69, 9.17) is 4.74 Å². The van der Waals surface area contributed by atoms with Crippen LogP contribution in [-0.2, 0) is 11.2 Å². The maximum atomic E-state index is 13.4. The van der Waals surface area contributed by atoms with Crippen LogP contribution in [0.25, 0.3) is 11.0 Å². The summed E-state index contributed by atoms with van der Waals surface area (Å²) < 4.78 is 18.8. The van der Waals surface area contributed by atoms with Gasteiger partial charge in [0.05, 0.1) is 29.8 Å². The summed E-state index contributed by atoms with van der Waals surface area (Å²) in [6.07, 6.45) is 0.579. The Labute approximate surface area is 169 Å². The van der Waals surface area contributed by atoms with Gasteiger partial charge in [-0.05, 0) is 37.3 Å². The first-order valence-corrected chi connectivity index (χ1v) is 10.0. The minimum Gasteiger partial charge on any atom is -0.378 e. The molecular weight excluding hydrogens is 371 g/mol. The lowest BCUT2D eigenvalue weighted by Gasteiger charge is -2.31. The fraction of sp³-hybridized carbons (Fsp3) is 0.364. The number of likely N-dealkylation sites (N-methyl/N-ethyl adjacent to an activating group) is 1. The van der Waals surface area contributed by atoms with Crippen LogP contribution < -0.4 is 4.90 Å². The number of aromatic amines is 1. The SMILES string of the molecule is CCN(CCc1nc2ccc(F)cc2[nH]1)C(=O)c1ccccc1N1CCOCC1. The number of aromatic nitrogens is 2. The summed E-state index contributed by atoms with van der Waals surface area (Å²) in [5.41, 5.74) is 3.07. The van der Waals surface area contributed by atoms with E-state index in [0.29, 0.717) is 43.8 Å². The van der Waals surface area contributed by atoms with Crippen LogP contribution >= 0.6 is 0 Å². The molecule has 1 N–H and O–H groups in total. The number of para-hydroxylation sites is 1. The molecule has 0 bridgehead atoms.